The van der Waals surface area contributed by atoms with E-state index < -0.39 is 14.9 Å². The van der Waals surface area contributed by atoms with Crippen LogP contribution < -0.4 is 9.47 Å². The van der Waals surface area contributed by atoms with Crippen LogP contribution in [0.2, 0.25) is 0 Å². The Morgan fingerprint density at radius 2 is 1.75 bits per heavy atom. The fourth-order valence-corrected chi connectivity index (χ4v) is 5.22. The van der Waals surface area contributed by atoms with Gasteiger partial charge in [-0.15, -0.1) is 0 Å². The zero-order valence-electron chi connectivity index (χ0n) is 15.5. The van der Waals surface area contributed by atoms with E-state index in [4.69, 9.17) is 9.47 Å². The van der Waals surface area contributed by atoms with Crippen molar-refractivity contribution in [2.75, 3.05) is 26.3 Å². The van der Waals surface area contributed by atoms with Crippen molar-refractivity contribution in [3.05, 3.63) is 46.5 Å². The first-order valence-electron chi connectivity index (χ1n) is 8.73. The highest BCUT2D eigenvalue weighted by Gasteiger charge is 2.26. The van der Waals surface area contributed by atoms with Gasteiger partial charge in [-0.2, -0.15) is 4.31 Å². The van der Waals surface area contributed by atoms with Crippen molar-refractivity contribution in [3.8, 4) is 11.5 Å². The normalized spacial score (nSPS) is 13.5. The maximum Gasteiger partial charge on any atom is 0.284 e. The number of ether oxygens (including phenoxy) is 2. The largest absolute Gasteiger partial charge is 0.486 e. The van der Waals surface area contributed by atoms with E-state index in [-0.39, 0.29) is 10.6 Å². The SMILES string of the molecule is CCN(CC)S(=O)(=O)c1ccc(Sc2ccc3c(c2)OCCO3)c([N+](=O)[O-])c1. The van der Waals surface area contributed by atoms with Gasteiger partial charge >= 0.3 is 0 Å². The average molecular weight is 425 g/mol. The molecule has 1 heterocycles. The number of sulfonamides is 1. The second-order valence-corrected chi connectivity index (χ2v) is 8.94. The van der Waals surface area contributed by atoms with E-state index in [1.165, 1.54) is 28.2 Å². The molecule has 3 rings (SSSR count). The molecule has 0 saturated carbocycles. The Kier molecular flexibility index (Phi) is 6.11. The predicted octanol–water partition coefficient (Wildman–Crippen LogP) is 3.55. The summed E-state index contributed by atoms with van der Waals surface area (Å²) in [5.41, 5.74) is -0.256. The molecule has 0 spiro atoms. The molecule has 0 radical (unpaired) electrons. The van der Waals surface area contributed by atoms with Crippen LogP contribution in [0, 0.1) is 10.1 Å². The first kappa shape index (κ1) is 20.4. The molecule has 2 aromatic carbocycles. The van der Waals surface area contributed by atoms with E-state index in [0.717, 1.165) is 11.0 Å². The molecule has 0 atom stereocenters. The van der Waals surface area contributed by atoms with E-state index in [1.54, 1.807) is 32.0 Å². The molecule has 10 heteroatoms. The summed E-state index contributed by atoms with van der Waals surface area (Å²) in [6.07, 6.45) is 0. The maximum atomic E-state index is 12.7. The quantitative estimate of drug-likeness (QED) is 0.495. The number of nitrogens with zero attached hydrogens (tertiary/aromatic N) is 2. The van der Waals surface area contributed by atoms with Crippen molar-refractivity contribution < 1.29 is 22.8 Å². The monoisotopic (exact) mass is 424 g/mol. The molecule has 150 valence electrons. The topological polar surface area (TPSA) is 99.0 Å². The Morgan fingerprint density at radius 1 is 1.07 bits per heavy atom. The molecule has 28 heavy (non-hydrogen) atoms. The highest BCUT2D eigenvalue weighted by molar-refractivity contribution is 7.99. The van der Waals surface area contributed by atoms with Crippen molar-refractivity contribution in [3.63, 3.8) is 0 Å². The molecule has 0 saturated heterocycles. The van der Waals surface area contributed by atoms with Gasteiger partial charge in [-0.25, -0.2) is 8.42 Å². The lowest BCUT2D eigenvalue weighted by Gasteiger charge is -2.19. The van der Waals surface area contributed by atoms with Gasteiger partial charge in [-0.3, -0.25) is 10.1 Å². The molecule has 0 aromatic heterocycles. The fraction of sp³-hybridized carbons (Fsp3) is 0.333. The third kappa shape index (κ3) is 4.08. The molecule has 0 N–H and O–H groups in total. The van der Waals surface area contributed by atoms with E-state index >= 15 is 0 Å². The second kappa shape index (κ2) is 8.38. The minimum Gasteiger partial charge on any atom is -0.486 e. The predicted molar refractivity (Wildman–Crippen MR) is 105 cm³/mol. The summed E-state index contributed by atoms with van der Waals surface area (Å²) in [7, 11) is -3.78. The summed E-state index contributed by atoms with van der Waals surface area (Å²) >= 11 is 1.17. The van der Waals surface area contributed by atoms with Crippen LogP contribution >= 0.6 is 11.8 Å². The number of nitro benzene ring substituents is 1. The van der Waals surface area contributed by atoms with E-state index in [9.17, 15) is 18.5 Å². The fourth-order valence-electron chi connectivity index (χ4n) is 2.81. The standard InChI is InChI=1S/C18H20N2O6S2/c1-3-19(4-2)28(23,24)14-6-8-18(15(12-14)20(21)22)27-13-5-7-16-17(11-13)26-10-9-25-16/h5-8,11-12H,3-4,9-10H2,1-2H3. The van der Waals surface area contributed by atoms with E-state index in [2.05, 4.69) is 0 Å². The Hall–Kier alpha value is -2.30. The van der Waals surface area contributed by atoms with Crippen LogP contribution in [0.1, 0.15) is 13.8 Å². The summed E-state index contributed by atoms with van der Waals surface area (Å²) in [5.74, 6) is 1.21. The number of nitro groups is 1. The number of fused-ring (bicyclic) bond motifs is 1. The molecule has 0 bridgehead atoms. The Balaban J connectivity index is 1.95. The van der Waals surface area contributed by atoms with Crippen LogP contribution in [0.25, 0.3) is 0 Å². The molecule has 0 fully saturated rings. The minimum atomic E-state index is -3.78. The molecule has 0 aliphatic carbocycles. The van der Waals surface area contributed by atoms with Crippen molar-refractivity contribution >= 4 is 27.5 Å². The van der Waals surface area contributed by atoms with Gasteiger partial charge in [0.05, 0.1) is 14.7 Å². The third-order valence-electron chi connectivity index (χ3n) is 4.21. The van der Waals surface area contributed by atoms with Crippen LogP contribution in [0.4, 0.5) is 5.69 Å². The highest BCUT2D eigenvalue weighted by Crippen LogP contribution is 2.40. The summed E-state index contributed by atoms with van der Waals surface area (Å²) in [6, 6.07) is 9.28. The van der Waals surface area contributed by atoms with Gasteiger partial charge in [0, 0.05) is 24.1 Å². The molecule has 0 amide bonds. The Bertz CT molecular complexity index is 990. The smallest absolute Gasteiger partial charge is 0.284 e. The van der Waals surface area contributed by atoms with Gasteiger partial charge in [-0.1, -0.05) is 25.6 Å². The van der Waals surface area contributed by atoms with E-state index in [0.29, 0.717) is 42.7 Å². The van der Waals surface area contributed by atoms with Crippen LogP contribution in [0.5, 0.6) is 11.5 Å². The average Bonchev–Trinajstić information content (AvgIpc) is 2.68. The molecular formula is C18H20N2O6S2. The van der Waals surface area contributed by atoms with Gasteiger partial charge in [0.25, 0.3) is 5.69 Å². The van der Waals surface area contributed by atoms with Crippen molar-refractivity contribution in [2.24, 2.45) is 0 Å². The summed E-state index contributed by atoms with van der Waals surface area (Å²) < 4.78 is 37.6. The third-order valence-corrected chi connectivity index (χ3v) is 7.31. The zero-order chi connectivity index (χ0) is 20.3. The maximum absolute atomic E-state index is 12.7. The van der Waals surface area contributed by atoms with Gasteiger partial charge in [0.15, 0.2) is 11.5 Å². The number of benzene rings is 2. The molecule has 8 nitrogen and oxygen atoms in total. The molecular weight excluding hydrogens is 404 g/mol. The number of rotatable bonds is 7. The zero-order valence-corrected chi connectivity index (χ0v) is 17.1. The number of hydrogen-bond donors (Lipinski definition) is 0. The molecule has 0 unspecified atom stereocenters. The highest BCUT2D eigenvalue weighted by atomic mass is 32.2. The molecule has 1 aliphatic heterocycles. The lowest BCUT2D eigenvalue weighted by atomic mass is 10.3. The van der Waals surface area contributed by atoms with Gasteiger partial charge < -0.3 is 9.47 Å². The van der Waals surface area contributed by atoms with Crippen LogP contribution in [-0.2, 0) is 10.0 Å². The van der Waals surface area contributed by atoms with Crippen molar-refractivity contribution in [1.82, 2.24) is 4.31 Å². The Labute approximate surface area is 167 Å². The molecule has 1 aliphatic rings. The first-order chi connectivity index (χ1) is 13.4. The second-order valence-electron chi connectivity index (χ2n) is 5.88. The summed E-state index contributed by atoms with van der Waals surface area (Å²) in [6.45, 7) is 4.95. The Morgan fingerprint density at radius 3 is 2.39 bits per heavy atom. The van der Waals surface area contributed by atoms with E-state index in [1.807, 2.05) is 0 Å². The van der Waals surface area contributed by atoms with Crippen molar-refractivity contribution in [2.45, 2.75) is 28.5 Å². The van der Waals surface area contributed by atoms with Crippen LogP contribution in [0.3, 0.4) is 0 Å². The summed E-state index contributed by atoms with van der Waals surface area (Å²) in [4.78, 5) is 12.0. The minimum absolute atomic E-state index is 0.0885. The summed E-state index contributed by atoms with van der Waals surface area (Å²) in [5, 5.41) is 11.6. The number of hydrogen-bond acceptors (Lipinski definition) is 7. The van der Waals surface area contributed by atoms with Gasteiger partial charge in [0.2, 0.25) is 10.0 Å². The van der Waals surface area contributed by atoms with Crippen LogP contribution in [0.15, 0.2) is 51.1 Å². The van der Waals surface area contributed by atoms with Gasteiger partial charge in [0.1, 0.15) is 13.2 Å². The van der Waals surface area contributed by atoms with Crippen molar-refractivity contribution in [1.29, 1.82) is 0 Å². The van der Waals surface area contributed by atoms with Gasteiger partial charge in [-0.05, 0) is 30.3 Å². The molecule has 2 aromatic rings. The van der Waals surface area contributed by atoms with Crippen LogP contribution in [-0.4, -0.2) is 43.9 Å². The first-order valence-corrected chi connectivity index (χ1v) is 11.0. The lowest BCUT2D eigenvalue weighted by molar-refractivity contribution is -0.388. The lowest BCUT2D eigenvalue weighted by Crippen LogP contribution is -2.30.